The second-order valence-electron chi connectivity index (χ2n) is 3.78. The highest BCUT2D eigenvalue weighted by molar-refractivity contribution is 14.1. The summed E-state index contributed by atoms with van der Waals surface area (Å²) in [6.07, 6.45) is 0.851. The number of benzene rings is 1. The van der Waals surface area contributed by atoms with Crippen molar-refractivity contribution in [2.24, 2.45) is 5.84 Å². The zero-order valence-electron chi connectivity index (χ0n) is 10.8. The van der Waals surface area contributed by atoms with E-state index in [-0.39, 0.29) is 18.0 Å². The largest absolute Gasteiger partial charge is 0.463 e. The van der Waals surface area contributed by atoms with E-state index in [0.29, 0.717) is 12.4 Å². The molecule has 0 amide bonds. The zero-order valence-corrected chi connectivity index (χ0v) is 13.0. The maximum absolute atomic E-state index is 5.58. The number of hydrogen-bond acceptors (Lipinski definition) is 7. The molecule has 20 heavy (non-hydrogen) atoms. The average molecular weight is 387 g/mol. The molecule has 0 bridgehead atoms. The van der Waals surface area contributed by atoms with Gasteiger partial charge in [0.2, 0.25) is 5.95 Å². The maximum Gasteiger partial charge on any atom is 0.330 e. The number of aromatic nitrogens is 3. The minimum absolute atomic E-state index is 0.126. The second-order valence-corrected chi connectivity index (χ2v) is 5.02. The smallest absolute Gasteiger partial charge is 0.330 e. The predicted octanol–water partition coefficient (Wildman–Crippen LogP) is 2.34. The van der Waals surface area contributed by atoms with E-state index in [4.69, 9.17) is 15.3 Å². The van der Waals surface area contributed by atoms with Gasteiger partial charge in [-0.15, -0.1) is 4.98 Å². The van der Waals surface area contributed by atoms with Crippen LogP contribution in [0.2, 0.25) is 0 Å². The molecule has 2 rings (SSSR count). The van der Waals surface area contributed by atoms with Gasteiger partial charge in [0.1, 0.15) is 5.75 Å². The van der Waals surface area contributed by atoms with Gasteiger partial charge in [-0.1, -0.05) is 13.0 Å². The summed E-state index contributed by atoms with van der Waals surface area (Å²) in [5, 5.41) is 0. The van der Waals surface area contributed by atoms with Crippen molar-refractivity contribution in [1.82, 2.24) is 15.0 Å². The topological polar surface area (TPSA) is 95.2 Å². The van der Waals surface area contributed by atoms with Crippen LogP contribution in [0.3, 0.4) is 0 Å². The molecule has 0 saturated carbocycles. The molecule has 7 nitrogen and oxygen atoms in total. The molecule has 0 fully saturated rings. The van der Waals surface area contributed by atoms with E-state index in [2.05, 4.69) is 43.0 Å². The Morgan fingerprint density at radius 3 is 2.75 bits per heavy atom. The SMILES string of the molecule is CCCOc1nc(NN)nc(Oc2cccc(I)c2)n1. The van der Waals surface area contributed by atoms with E-state index in [9.17, 15) is 0 Å². The van der Waals surface area contributed by atoms with Crippen molar-refractivity contribution < 1.29 is 9.47 Å². The Balaban J connectivity index is 2.21. The Hall–Kier alpha value is -1.68. The Bertz CT molecular complexity index is 582. The molecular weight excluding hydrogens is 373 g/mol. The number of anilines is 1. The lowest BCUT2D eigenvalue weighted by Gasteiger charge is -2.08. The van der Waals surface area contributed by atoms with E-state index in [0.717, 1.165) is 9.99 Å². The first kappa shape index (κ1) is 14.7. The summed E-state index contributed by atoms with van der Waals surface area (Å²) in [6.45, 7) is 2.50. The third-order valence-electron chi connectivity index (χ3n) is 2.16. The minimum atomic E-state index is 0.126. The highest BCUT2D eigenvalue weighted by atomic mass is 127. The molecule has 0 aliphatic rings. The van der Waals surface area contributed by atoms with Crippen LogP contribution in [0.4, 0.5) is 5.95 Å². The zero-order chi connectivity index (χ0) is 14.4. The molecule has 0 unspecified atom stereocenters. The quantitative estimate of drug-likeness (QED) is 0.446. The van der Waals surface area contributed by atoms with Gasteiger partial charge in [0.25, 0.3) is 0 Å². The standard InChI is InChI=1S/C12H14IN5O2/c1-2-6-19-11-15-10(18-14)16-12(17-11)20-9-5-3-4-8(13)7-9/h3-5,7H,2,6,14H2,1H3,(H,15,16,17,18). The van der Waals surface area contributed by atoms with Crippen molar-refractivity contribution in [2.45, 2.75) is 13.3 Å². The summed E-state index contributed by atoms with van der Waals surface area (Å²) in [6, 6.07) is 7.83. The Kier molecular flexibility index (Phi) is 5.30. The molecule has 0 saturated heterocycles. The molecule has 0 radical (unpaired) electrons. The van der Waals surface area contributed by atoms with Gasteiger partial charge in [-0.05, 0) is 47.2 Å². The Morgan fingerprint density at radius 1 is 1.25 bits per heavy atom. The van der Waals surface area contributed by atoms with Crippen molar-refractivity contribution in [1.29, 1.82) is 0 Å². The maximum atomic E-state index is 5.58. The molecule has 3 N–H and O–H groups in total. The van der Waals surface area contributed by atoms with E-state index in [1.165, 1.54) is 0 Å². The summed E-state index contributed by atoms with van der Waals surface area (Å²) >= 11 is 2.20. The van der Waals surface area contributed by atoms with E-state index < -0.39 is 0 Å². The molecule has 0 atom stereocenters. The van der Waals surface area contributed by atoms with Crippen LogP contribution in [-0.4, -0.2) is 21.6 Å². The molecule has 1 aromatic carbocycles. The highest BCUT2D eigenvalue weighted by Gasteiger charge is 2.09. The lowest BCUT2D eigenvalue weighted by molar-refractivity contribution is 0.285. The summed E-state index contributed by atoms with van der Waals surface area (Å²) in [4.78, 5) is 12.1. The number of hydrogen-bond donors (Lipinski definition) is 2. The number of halogens is 1. The summed E-state index contributed by atoms with van der Waals surface area (Å²) < 4.78 is 12.0. The molecule has 1 aromatic heterocycles. The average Bonchev–Trinajstić information content (AvgIpc) is 2.45. The highest BCUT2D eigenvalue weighted by Crippen LogP contribution is 2.22. The lowest BCUT2D eigenvalue weighted by atomic mass is 10.3. The molecule has 1 heterocycles. The number of hydrazine groups is 1. The van der Waals surface area contributed by atoms with E-state index in [1.54, 1.807) is 0 Å². The fraction of sp³-hybridized carbons (Fsp3) is 0.250. The Labute approximate surface area is 130 Å². The fourth-order valence-electron chi connectivity index (χ4n) is 1.34. The molecule has 0 spiro atoms. The number of nitrogens with zero attached hydrogens (tertiary/aromatic N) is 3. The van der Waals surface area contributed by atoms with E-state index in [1.807, 2.05) is 31.2 Å². The Morgan fingerprint density at radius 2 is 2.05 bits per heavy atom. The van der Waals surface area contributed by atoms with Gasteiger partial charge in [0, 0.05) is 3.57 Å². The van der Waals surface area contributed by atoms with Crippen molar-refractivity contribution in [3.8, 4) is 17.8 Å². The van der Waals surface area contributed by atoms with Crippen molar-refractivity contribution in [3.63, 3.8) is 0 Å². The number of nitrogens with one attached hydrogen (secondary N) is 1. The van der Waals surface area contributed by atoms with Gasteiger partial charge in [-0.2, -0.15) is 9.97 Å². The molecule has 2 aromatic rings. The van der Waals surface area contributed by atoms with Crippen LogP contribution in [0, 0.1) is 3.57 Å². The first-order valence-electron chi connectivity index (χ1n) is 6.00. The molecule has 8 heteroatoms. The number of nitrogen functional groups attached to an aromatic ring is 1. The van der Waals surface area contributed by atoms with Crippen LogP contribution in [-0.2, 0) is 0 Å². The minimum Gasteiger partial charge on any atom is -0.463 e. The van der Waals surface area contributed by atoms with Crippen molar-refractivity contribution in [3.05, 3.63) is 27.8 Å². The van der Waals surface area contributed by atoms with Gasteiger partial charge in [-0.25, -0.2) is 5.84 Å². The lowest BCUT2D eigenvalue weighted by Crippen LogP contribution is -2.13. The monoisotopic (exact) mass is 387 g/mol. The van der Waals surface area contributed by atoms with Gasteiger partial charge in [0.15, 0.2) is 0 Å². The second kappa shape index (κ2) is 7.20. The van der Waals surface area contributed by atoms with Crippen LogP contribution < -0.4 is 20.7 Å². The predicted molar refractivity (Wildman–Crippen MR) is 82.7 cm³/mol. The van der Waals surface area contributed by atoms with Crippen LogP contribution in [0.15, 0.2) is 24.3 Å². The van der Waals surface area contributed by atoms with Gasteiger partial charge in [-0.3, -0.25) is 5.43 Å². The van der Waals surface area contributed by atoms with Crippen LogP contribution in [0.5, 0.6) is 17.8 Å². The first-order valence-corrected chi connectivity index (χ1v) is 7.08. The van der Waals surface area contributed by atoms with Crippen LogP contribution in [0.25, 0.3) is 0 Å². The normalized spacial score (nSPS) is 10.2. The van der Waals surface area contributed by atoms with Crippen molar-refractivity contribution >= 4 is 28.5 Å². The number of nitrogens with two attached hydrogens (primary N) is 1. The number of ether oxygens (including phenoxy) is 2. The summed E-state index contributed by atoms with van der Waals surface area (Å²) in [5.41, 5.74) is 2.36. The molecule has 0 aliphatic heterocycles. The third kappa shape index (κ3) is 4.17. The van der Waals surface area contributed by atoms with Gasteiger partial charge in [0.05, 0.1) is 6.61 Å². The van der Waals surface area contributed by atoms with Gasteiger partial charge < -0.3 is 9.47 Å². The third-order valence-corrected chi connectivity index (χ3v) is 2.83. The summed E-state index contributed by atoms with van der Waals surface area (Å²) in [5.74, 6) is 6.14. The number of rotatable bonds is 6. The molecule has 106 valence electrons. The molecular formula is C12H14IN5O2. The van der Waals surface area contributed by atoms with Crippen LogP contribution >= 0.6 is 22.6 Å². The first-order chi connectivity index (χ1) is 9.71. The fourth-order valence-corrected chi connectivity index (χ4v) is 1.86. The van der Waals surface area contributed by atoms with Crippen LogP contribution in [0.1, 0.15) is 13.3 Å². The molecule has 0 aliphatic carbocycles. The van der Waals surface area contributed by atoms with E-state index >= 15 is 0 Å². The van der Waals surface area contributed by atoms with Crippen molar-refractivity contribution in [2.75, 3.05) is 12.0 Å². The van der Waals surface area contributed by atoms with Gasteiger partial charge >= 0.3 is 12.0 Å². The summed E-state index contributed by atoms with van der Waals surface area (Å²) in [7, 11) is 0.